The third-order valence-electron chi connectivity index (χ3n) is 2.36. The van der Waals surface area contributed by atoms with Gasteiger partial charge in [-0.1, -0.05) is 12.1 Å². The zero-order valence-corrected chi connectivity index (χ0v) is 10.9. The Balaban J connectivity index is 2.72. The Kier molecular flexibility index (Phi) is 6.16. The highest BCUT2D eigenvalue weighted by Crippen LogP contribution is 2.15. The minimum Gasteiger partial charge on any atom is -0.550 e. The van der Waals surface area contributed by atoms with Crippen LogP contribution in [-0.4, -0.2) is 30.8 Å². The maximum atomic E-state index is 10.4. The van der Waals surface area contributed by atoms with Crippen molar-refractivity contribution in [3.05, 3.63) is 29.8 Å². The highest BCUT2D eigenvalue weighted by atomic mass is 35.5. The van der Waals surface area contributed by atoms with Gasteiger partial charge in [-0.25, -0.2) is 0 Å². The summed E-state index contributed by atoms with van der Waals surface area (Å²) >= 11 is 11.4. The summed E-state index contributed by atoms with van der Waals surface area (Å²) in [5.74, 6) is -0.0221. The maximum Gasteiger partial charge on any atom is 0.0458 e. The van der Waals surface area contributed by atoms with Gasteiger partial charge in [0.15, 0.2) is 0 Å². The lowest BCUT2D eigenvalue weighted by Gasteiger charge is -2.23. The fourth-order valence-corrected chi connectivity index (χ4v) is 1.97. The predicted molar refractivity (Wildman–Crippen MR) is 68.8 cm³/mol. The van der Waals surface area contributed by atoms with Crippen LogP contribution in [0.15, 0.2) is 24.3 Å². The maximum absolute atomic E-state index is 10.4. The minimum atomic E-state index is -1.07. The third-order valence-corrected chi connectivity index (χ3v) is 2.70. The highest BCUT2D eigenvalue weighted by Gasteiger charge is 2.05. The first kappa shape index (κ1) is 14.1. The molecule has 0 unspecified atom stereocenters. The van der Waals surface area contributed by atoms with Crippen molar-refractivity contribution in [2.75, 3.05) is 29.7 Å². The number of carbonyl (C=O) groups is 1. The van der Waals surface area contributed by atoms with Gasteiger partial charge in [0.1, 0.15) is 0 Å². The molecule has 3 nitrogen and oxygen atoms in total. The molecule has 0 spiro atoms. The molecule has 94 valence electrons. The van der Waals surface area contributed by atoms with Gasteiger partial charge in [-0.3, -0.25) is 0 Å². The van der Waals surface area contributed by atoms with E-state index in [1.807, 2.05) is 12.1 Å². The van der Waals surface area contributed by atoms with Crippen LogP contribution in [0.5, 0.6) is 0 Å². The molecule has 1 aromatic rings. The molecule has 0 saturated heterocycles. The van der Waals surface area contributed by atoms with E-state index in [2.05, 4.69) is 4.90 Å². The number of nitrogens with zero attached hydrogens (tertiary/aromatic N) is 1. The van der Waals surface area contributed by atoms with Crippen LogP contribution in [0.1, 0.15) is 5.56 Å². The quantitative estimate of drug-likeness (QED) is 0.704. The Morgan fingerprint density at radius 2 is 1.65 bits per heavy atom. The number of carbonyl (C=O) groups excluding carboxylic acids is 1. The van der Waals surface area contributed by atoms with Crippen molar-refractivity contribution in [1.29, 1.82) is 0 Å². The molecule has 5 heteroatoms. The largest absolute Gasteiger partial charge is 0.550 e. The van der Waals surface area contributed by atoms with Crippen LogP contribution in [0.4, 0.5) is 5.69 Å². The van der Waals surface area contributed by atoms with Crippen LogP contribution in [0, 0.1) is 0 Å². The standard InChI is InChI=1S/C12H15Cl2NO2/c13-5-7-15(8-6-14)11-3-1-10(2-4-11)9-12(16)17/h1-4H,5-9H2,(H,16,17)/p-1. The number of rotatable bonds is 7. The molecule has 0 heterocycles. The fraction of sp³-hybridized carbons (Fsp3) is 0.417. The van der Waals surface area contributed by atoms with Gasteiger partial charge in [0, 0.05) is 42.9 Å². The molecule has 17 heavy (non-hydrogen) atoms. The normalized spacial score (nSPS) is 10.2. The van der Waals surface area contributed by atoms with Crippen molar-refractivity contribution >= 4 is 34.9 Å². The highest BCUT2D eigenvalue weighted by molar-refractivity contribution is 6.18. The number of alkyl halides is 2. The third kappa shape index (κ3) is 4.84. The van der Waals surface area contributed by atoms with Gasteiger partial charge >= 0.3 is 0 Å². The molecule has 0 radical (unpaired) electrons. The summed E-state index contributed by atoms with van der Waals surface area (Å²) in [5.41, 5.74) is 1.72. The van der Waals surface area contributed by atoms with E-state index in [-0.39, 0.29) is 6.42 Å². The molecule has 0 aliphatic rings. The van der Waals surface area contributed by atoms with Crippen molar-refractivity contribution in [3.8, 4) is 0 Å². The van der Waals surface area contributed by atoms with E-state index in [1.165, 1.54) is 0 Å². The van der Waals surface area contributed by atoms with Gasteiger partial charge in [0.05, 0.1) is 0 Å². The smallest absolute Gasteiger partial charge is 0.0458 e. The van der Waals surface area contributed by atoms with Gasteiger partial charge in [-0.2, -0.15) is 0 Å². The summed E-state index contributed by atoms with van der Waals surface area (Å²) < 4.78 is 0. The van der Waals surface area contributed by atoms with Gasteiger partial charge in [-0.15, -0.1) is 23.2 Å². The molecule has 0 bridgehead atoms. The number of halogens is 2. The Morgan fingerprint density at radius 3 is 2.06 bits per heavy atom. The average molecular weight is 275 g/mol. The number of carboxylic acid groups (broad SMARTS) is 1. The van der Waals surface area contributed by atoms with Gasteiger partial charge in [-0.05, 0) is 17.7 Å². The second-order valence-electron chi connectivity index (χ2n) is 3.58. The van der Waals surface area contributed by atoms with E-state index >= 15 is 0 Å². The van der Waals surface area contributed by atoms with Crippen LogP contribution in [0.2, 0.25) is 0 Å². The molecule has 1 aromatic carbocycles. The zero-order valence-electron chi connectivity index (χ0n) is 9.36. The molecule has 0 saturated carbocycles. The summed E-state index contributed by atoms with van der Waals surface area (Å²) in [5, 5.41) is 10.4. The zero-order chi connectivity index (χ0) is 12.7. The Labute approximate surface area is 111 Å². The number of benzene rings is 1. The Hall–Kier alpha value is -0.930. The van der Waals surface area contributed by atoms with Crippen LogP contribution < -0.4 is 10.0 Å². The lowest BCUT2D eigenvalue weighted by atomic mass is 10.1. The number of carboxylic acids is 1. The summed E-state index contributed by atoms with van der Waals surface area (Å²) in [6.07, 6.45) is -0.0642. The second kappa shape index (κ2) is 7.41. The van der Waals surface area contributed by atoms with Crippen molar-refractivity contribution < 1.29 is 9.90 Å². The van der Waals surface area contributed by atoms with E-state index in [4.69, 9.17) is 23.2 Å². The van der Waals surface area contributed by atoms with E-state index in [9.17, 15) is 9.90 Å². The minimum absolute atomic E-state index is 0.0642. The van der Waals surface area contributed by atoms with E-state index in [0.29, 0.717) is 24.8 Å². The topological polar surface area (TPSA) is 43.4 Å². The number of anilines is 1. The number of aliphatic carboxylic acids is 1. The first-order chi connectivity index (χ1) is 8.17. The molecule has 0 aliphatic heterocycles. The van der Waals surface area contributed by atoms with Gasteiger partial charge in [0.2, 0.25) is 0 Å². The van der Waals surface area contributed by atoms with Crippen LogP contribution in [0.25, 0.3) is 0 Å². The first-order valence-electron chi connectivity index (χ1n) is 5.33. The second-order valence-corrected chi connectivity index (χ2v) is 4.34. The number of hydrogen-bond acceptors (Lipinski definition) is 3. The predicted octanol–water partition coefficient (Wildman–Crippen LogP) is 1.26. The molecule has 0 N–H and O–H groups in total. The number of hydrogen-bond donors (Lipinski definition) is 0. The van der Waals surface area contributed by atoms with Crippen molar-refractivity contribution in [1.82, 2.24) is 0 Å². The monoisotopic (exact) mass is 274 g/mol. The average Bonchev–Trinajstić information content (AvgIpc) is 2.29. The van der Waals surface area contributed by atoms with Crippen LogP contribution in [-0.2, 0) is 11.2 Å². The molecule has 0 atom stereocenters. The first-order valence-corrected chi connectivity index (χ1v) is 6.40. The molecule has 1 rings (SSSR count). The summed E-state index contributed by atoms with van der Waals surface area (Å²) in [6.45, 7) is 1.43. The summed E-state index contributed by atoms with van der Waals surface area (Å²) in [6, 6.07) is 7.30. The Bertz CT molecular complexity index is 348. The molecule has 0 fully saturated rings. The Morgan fingerprint density at radius 1 is 1.12 bits per heavy atom. The lowest BCUT2D eigenvalue weighted by molar-refractivity contribution is -0.304. The fourth-order valence-electron chi connectivity index (χ4n) is 1.57. The molecule has 0 amide bonds. The van der Waals surface area contributed by atoms with Crippen LogP contribution in [0.3, 0.4) is 0 Å². The molecular weight excluding hydrogens is 261 g/mol. The molecule has 0 aliphatic carbocycles. The van der Waals surface area contributed by atoms with E-state index < -0.39 is 5.97 Å². The SMILES string of the molecule is O=C([O-])Cc1ccc(N(CCCl)CCCl)cc1. The molecular formula is C12H14Cl2NO2-. The molecule has 0 aromatic heterocycles. The van der Waals surface area contributed by atoms with Crippen LogP contribution >= 0.6 is 23.2 Å². The lowest BCUT2D eigenvalue weighted by Crippen LogP contribution is -2.27. The summed E-state index contributed by atoms with van der Waals surface area (Å²) in [7, 11) is 0. The van der Waals surface area contributed by atoms with Gasteiger partial charge in [0.25, 0.3) is 0 Å². The van der Waals surface area contributed by atoms with E-state index in [1.54, 1.807) is 12.1 Å². The van der Waals surface area contributed by atoms with Gasteiger partial charge < -0.3 is 14.8 Å². The van der Waals surface area contributed by atoms with Crippen molar-refractivity contribution in [2.24, 2.45) is 0 Å². The van der Waals surface area contributed by atoms with Crippen molar-refractivity contribution in [2.45, 2.75) is 6.42 Å². The van der Waals surface area contributed by atoms with E-state index in [0.717, 1.165) is 11.3 Å². The van der Waals surface area contributed by atoms with Crippen molar-refractivity contribution in [3.63, 3.8) is 0 Å². The summed E-state index contributed by atoms with van der Waals surface area (Å²) in [4.78, 5) is 12.5.